The zero-order chi connectivity index (χ0) is 22.6. The summed E-state index contributed by atoms with van der Waals surface area (Å²) in [5, 5.41) is 2.97. The number of methoxy groups -OCH3 is 1. The van der Waals surface area contributed by atoms with Gasteiger partial charge in [0.05, 0.1) is 13.2 Å². The number of amides is 1. The van der Waals surface area contributed by atoms with E-state index in [2.05, 4.69) is 31.3 Å². The summed E-state index contributed by atoms with van der Waals surface area (Å²) in [7, 11) is -2.27. The van der Waals surface area contributed by atoms with E-state index in [9.17, 15) is 13.2 Å². The molecule has 7 heteroatoms. The van der Waals surface area contributed by atoms with Gasteiger partial charge in [-0.1, -0.05) is 38.1 Å². The largest absolute Gasteiger partial charge is 0.495 e. The number of carbonyl (C=O) groups excluding carboxylic acids is 1. The van der Waals surface area contributed by atoms with Crippen molar-refractivity contribution in [2.75, 3.05) is 20.2 Å². The molecule has 3 rings (SSSR count). The second-order valence-electron chi connectivity index (χ2n) is 8.51. The van der Waals surface area contributed by atoms with Crippen molar-refractivity contribution in [1.29, 1.82) is 0 Å². The minimum absolute atomic E-state index is 0.0373. The van der Waals surface area contributed by atoms with Crippen LogP contribution in [0.1, 0.15) is 61.1 Å². The summed E-state index contributed by atoms with van der Waals surface area (Å²) in [6.45, 7) is 7.27. The molecule has 1 aliphatic heterocycles. The van der Waals surface area contributed by atoms with E-state index in [1.807, 2.05) is 19.1 Å². The summed E-state index contributed by atoms with van der Waals surface area (Å²) in [4.78, 5) is 12.9. The molecular weight excluding hydrogens is 412 g/mol. The van der Waals surface area contributed by atoms with Crippen molar-refractivity contribution in [3.63, 3.8) is 0 Å². The number of sulfonamides is 1. The molecule has 0 radical (unpaired) electrons. The number of benzene rings is 2. The highest BCUT2D eigenvalue weighted by Crippen LogP contribution is 2.30. The molecule has 2 aromatic carbocycles. The lowest BCUT2D eigenvalue weighted by Crippen LogP contribution is -2.29. The van der Waals surface area contributed by atoms with Gasteiger partial charge in [-0.3, -0.25) is 4.79 Å². The Kier molecular flexibility index (Phi) is 7.38. The molecule has 2 aromatic rings. The summed E-state index contributed by atoms with van der Waals surface area (Å²) in [6.07, 6.45) is 2.70. The highest BCUT2D eigenvalue weighted by Gasteiger charge is 2.30. The molecule has 0 spiro atoms. The van der Waals surface area contributed by atoms with Crippen molar-refractivity contribution in [3.05, 3.63) is 59.2 Å². The number of rotatable bonds is 8. The van der Waals surface area contributed by atoms with Crippen LogP contribution in [0.4, 0.5) is 0 Å². The first-order chi connectivity index (χ1) is 14.7. The van der Waals surface area contributed by atoms with Crippen molar-refractivity contribution in [3.8, 4) is 5.75 Å². The number of nitrogens with one attached hydrogen (secondary N) is 1. The van der Waals surface area contributed by atoms with Crippen molar-refractivity contribution >= 4 is 15.9 Å². The number of carbonyl (C=O) groups is 1. The van der Waals surface area contributed by atoms with Gasteiger partial charge in [-0.25, -0.2) is 8.42 Å². The highest BCUT2D eigenvalue weighted by molar-refractivity contribution is 7.89. The third-order valence-electron chi connectivity index (χ3n) is 5.58. The Morgan fingerprint density at radius 1 is 1.06 bits per heavy atom. The quantitative estimate of drug-likeness (QED) is 0.663. The molecule has 0 bridgehead atoms. The second kappa shape index (κ2) is 9.83. The minimum Gasteiger partial charge on any atom is -0.495 e. The standard InChI is InChI=1S/C24H32N2O4S/c1-17(2)15-19-7-9-20(10-8-19)18(3)25-24(27)21-11-12-22(30-4)23(16-21)31(28,29)26-13-5-6-14-26/h7-12,16-18H,5-6,13-15H2,1-4H3,(H,25,27). The smallest absolute Gasteiger partial charge is 0.251 e. The molecule has 1 unspecified atom stereocenters. The van der Waals surface area contributed by atoms with Gasteiger partial charge in [0.1, 0.15) is 10.6 Å². The molecule has 1 aliphatic rings. The van der Waals surface area contributed by atoms with E-state index in [1.165, 1.54) is 23.0 Å². The summed E-state index contributed by atoms with van der Waals surface area (Å²) >= 11 is 0. The van der Waals surface area contributed by atoms with Crippen LogP contribution in [-0.4, -0.2) is 38.8 Å². The fourth-order valence-corrected chi connectivity index (χ4v) is 5.56. The highest BCUT2D eigenvalue weighted by atomic mass is 32.2. The van der Waals surface area contributed by atoms with Crippen LogP contribution in [0, 0.1) is 5.92 Å². The molecule has 6 nitrogen and oxygen atoms in total. The molecule has 31 heavy (non-hydrogen) atoms. The maximum Gasteiger partial charge on any atom is 0.251 e. The molecule has 1 saturated heterocycles. The van der Waals surface area contributed by atoms with E-state index in [-0.39, 0.29) is 22.6 Å². The average Bonchev–Trinajstić information content (AvgIpc) is 3.29. The molecule has 1 fully saturated rings. The monoisotopic (exact) mass is 444 g/mol. The Balaban J connectivity index is 1.78. The van der Waals surface area contributed by atoms with Crippen LogP contribution in [0.25, 0.3) is 0 Å². The first kappa shape index (κ1) is 23.3. The topological polar surface area (TPSA) is 75.7 Å². The Hall–Kier alpha value is -2.38. The summed E-state index contributed by atoms with van der Waals surface area (Å²) in [6, 6.07) is 12.6. The Morgan fingerprint density at radius 3 is 2.29 bits per heavy atom. The fraction of sp³-hybridized carbons (Fsp3) is 0.458. The predicted octanol–water partition coefficient (Wildman–Crippen LogP) is 4.17. The molecule has 1 heterocycles. The van der Waals surface area contributed by atoms with Crippen LogP contribution >= 0.6 is 0 Å². The van der Waals surface area contributed by atoms with Crippen LogP contribution in [-0.2, 0) is 16.4 Å². The molecule has 1 amide bonds. The average molecular weight is 445 g/mol. The Labute approximate surface area is 185 Å². The van der Waals surface area contributed by atoms with Crippen LogP contribution in [0.2, 0.25) is 0 Å². The second-order valence-corrected chi connectivity index (χ2v) is 10.4. The van der Waals surface area contributed by atoms with Crippen LogP contribution in [0.15, 0.2) is 47.4 Å². The zero-order valence-corrected chi connectivity index (χ0v) is 19.5. The van der Waals surface area contributed by atoms with Gasteiger partial charge in [-0.2, -0.15) is 4.31 Å². The molecule has 168 valence electrons. The van der Waals surface area contributed by atoms with E-state index in [0.29, 0.717) is 24.6 Å². The molecule has 1 N–H and O–H groups in total. The summed E-state index contributed by atoms with van der Waals surface area (Å²) in [5.41, 5.74) is 2.56. The van der Waals surface area contributed by atoms with Gasteiger partial charge in [0.15, 0.2) is 0 Å². The van der Waals surface area contributed by atoms with Gasteiger partial charge in [0.2, 0.25) is 10.0 Å². The van der Waals surface area contributed by atoms with E-state index in [4.69, 9.17) is 4.74 Å². The van der Waals surface area contributed by atoms with Gasteiger partial charge in [0, 0.05) is 18.7 Å². The third kappa shape index (κ3) is 5.46. The molecule has 1 atom stereocenters. The van der Waals surface area contributed by atoms with E-state index in [1.54, 1.807) is 12.1 Å². The maximum atomic E-state index is 13.1. The van der Waals surface area contributed by atoms with E-state index < -0.39 is 10.0 Å². The van der Waals surface area contributed by atoms with E-state index in [0.717, 1.165) is 24.8 Å². The third-order valence-corrected chi connectivity index (χ3v) is 7.50. The van der Waals surface area contributed by atoms with E-state index >= 15 is 0 Å². The van der Waals surface area contributed by atoms with Gasteiger partial charge >= 0.3 is 0 Å². The number of hydrogen-bond donors (Lipinski definition) is 1. The molecular formula is C24H32N2O4S. The van der Waals surface area contributed by atoms with Crippen molar-refractivity contribution in [1.82, 2.24) is 9.62 Å². The van der Waals surface area contributed by atoms with Crippen LogP contribution < -0.4 is 10.1 Å². The lowest BCUT2D eigenvalue weighted by atomic mass is 10.00. The minimum atomic E-state index is -3.70. The number of nitrogens with zero attached hydrogens (tertiary/aromatic N) is 1. The van der Waals surface area contributed by atoms with Gasteiger partial charge in [0.25, 0.3) is 5.91 Å². The lowest BCUT2D eigenvalue weighted by Gasteiger charge is -2.19. The van der Waals surface area contributed by atoms with Crippen LogP contribution in [0.3, 0.4) is 0 Å². The lowest BCUT2D eigenvalue weighted by molar-refractivity contribution is 0.0939. The number of ether oxygens (including phenoxy) is 1. The molecule has 0 aromatic heterocycles. The zero-order valence-electron chi connectivity index (χ0n) is 18.7. The van der Waals surface area contributed by atoms with Gasteiger partial charge in [-0.15, -0.1) is 0 Å². The molecule has 0 aliphatic carbocycles. The summed E-state index contributed by atoms with van der Waals surface area (Å²) in [5.74, 6) is 0.514. The SMILES string of the molecule is COc1ccc(C(=O)NC(C)c2ccc(CC(C)C)cc2)cc1S(=O)(=O)N1CCCC1. The Morgan fingerprint density at radius 2 is 1.71 bits per heavy atom. The first-order valence-electron chi connectivity index (χ1n) is 10.8. The normalized spacial score (nSPS) is 15.8. The van der Waals surface area contributed by atoms with Crippen molar-refractivity contribution in [2.45, 2.75) is 51.0 Å². The Bertz CT molecular complexity index is 1010. The maximum absolute atomic E-state index is 13.1. The van der Waals surface area contributed by atoms with Crippen molar-refractivity contribution < 1.29 is 17.9 Å². The van der Waals surface area contributed by atoms with Gasteiger partial charge < -0.3 is 10.1 Å². The predicted molar refractivity (Wildman–Crippen MR) is 122 cm³/mol. The van der Waals surface area contributed by atoms with Gasteiger partial charge in [-0.05, 0) is 61.4 Å². The molecule has 0 saturated carbocycles. The number of hydrogen-bond acceptors (Lipinski definition) is 4. The van der Waals surface area contributed by atoms with Crippen LogP contribution in [0.5, 0.6) is 5.75 Å². The fourth-order valence-electron chi connectivity index (χ4n) is 3.86. The van der Waals surface area contributed by atoms with Crippen molar-refractivity contribution in [2.24, 2.45) is 5.92 Å². The first-order valence-corrected chi connectivity index (χ1v) is 12.2. The summed E-state index contributed by atoms with van der Waals surface area (Å²) < 4.78 is 32.8.